The van der Waals surface area contributed by atoms with E-state index in [4.69, 9.17) is 0 Å². The van der Waals surface area contributed by atoms with Crippen LogP contribution in [0.15, 0.2) is 29.4 Å². The van der Waals surface area contributed by atoms with Crippen molar-refractivity contribution in [3.63, 3.8) is 0 Å². The van der Waals surface area contributed by atoms with Crippen molar-refractivity contribution in [1.82, 2.24) is 4.90 Å². The van der Waals surface area contributed by atoms with Crippen LogP contribution in [0.5, 0.6) is 0 Å². The zero-order chi connectivity index (χ0) is 14.5. The standard InChI is InChI=1S/C16H28N2O/c1-13(2)17-11-14(3)12-18-9-6-7-15(8-10-18)16(4,5)19/h11,15,19H,1,3,6-10,12H2,2,4-5H3. The molecule has 1 atom stereocenters. The molecule has 0 aromatic carbocycles. The Labute approximate surface area is 117 Å². The van der Waals surface area contributed by atoms with Gasteiger partial charge in [-0.1, -0.05) is 13.2 Å². The SMILES string of the molecule is C=C(C=NC(=C)C)CN1CCCC(C(C)(C)O)CC1. The van der Waals surface area contributed by atoms with E-state index in [0.29, 0.717) is 5.92 Å². The highest BCUT2D eigenvalue weighted by molar-refractivity contribution is 5.78. The average Bonchev–Trinajstić information content (AvgIpc) is 2.51. The fourth-order valence-corrected chi connectivity index (χ4v) is 2.55. The van der Waals surface area contributed by atoms with Gasteiger partial charge in [0.25, 0.3) is 0 Å². The number of aliphatic hydroxyl groups is 1. The topological polar surface area (TPSA) is 35.8 Å². The van der Waals surface area contributed by atoms with Crippen molar-refractivity contribution in [2.45, 2.75) is 45.6 Å². The van der Waals surface area contributed by atoms with Crippen LogP contribution < -0.4 is 0 Å². The maximum Gasteiger partial charge on any atom is 0.0620 e. The number of likely N-dealkylation sites (tertiary alicyclic amines) is 1. The van der Waals surface area contributed by atoms with Gasteiger partial charge in [-0.05, 0) is 64.6 Å². The van der Waals surface area contributed by atoms with E-state index in [1.165, 1.54) is 0 Å². The zero-order valence-electron chi connectivity index (χ0n) is 12.7. The van der Waals surface area contributed by atoms with Gasteiger partial charge in [-0.3, -0.25) is 9.89 Å². The van der Waals surface area contributed by atoms with E-state index in [0.717, 1.165) is 50.2 Å². The molecule has 0 aromatic heterocycles. The molecule has 0 aliphatic carbocycles. The largest absolute Gasteiger partial charge is 0.390 e. The first-order chi connectivity index (χ1) is 8.79. The molecule has 3 nitrogen and oxygen atoms in total. The minimum absolute atomic E-state index is 0.398. The van der Waals surface area contributed by atoms with E-state index in [1.807, 2.05) is 20.8 Å². The number of hydrogen-bond acceptors (Lipinski definition) is 3. The number of aliphatic imine (C=N–C) groups is 1. The van der Waals surface area contributed by atoms with Crippen molar-refractivity contribution in [3.8, 4) is 0 Å². The monoisotopic (exact) mass is 264 g/mol. The molecule has 1 fully saturated rings. The highest BCUT2D eigenvalue weighted by Crippen LogP contribution is 2.27. The smallest absolute Gasteiger partial charge is 0.0620 e. The Kier molecular flexibility index (Phi) is 5.95. The summed E-state index contributed by atoms with van der Waals surface area (Å²) in [5, 5.41) is 10.1. The van der Waals surface area contributed by atoms with Gasteiger partial charge in [0.05, 0.1) is 5.60 Å². The fourth-order valence-electron chi connectivity index (χ4n) is 2.55. The second kappa shape index (κ2) is 7.01. The van der Waals surface area contributed by atoms with Crippen molar-refractivity contribution < 1.29 is 5.11 Å². The van der Waals surface area contributed by atoms with Crippen molar-refractivity contribution in [3.05, 3.63) is 24.4 Å². The lowest BCUT2D eigenvalue weighted by Crippen LogP contribution is -2.32. The molecule has 0 radical (unpaired) electrons. The molecular weight excluding hydrogens is 236 g/mol. The highest BCUT2D eigenvalue weighted by Gasteiger charge is 2.28. The second-order valence-electron chi connectivity index (χ2n) is 6.21. The lowest BCUT2D eigenvalue weighted by Gasteiger charge is -2.28. The van der Waals surface area contributed by atoms with E-state index in [2.05, 4.69) is 23.1 Å². The summed E-state index contributed by atoms with van der Waals surface area (Å²) >= 11 is 0. The Morgan fingerprint density at radius 2 is 2.05 bits per heavy atom. The van der Waals surface area contributed by atoms with Crippen LogP contribution in [-0.2, 0) is 0 Å². The molecule has 0 saturated carbocycles. The third-order valence-electron chi connectivity index (χ3n) is 3.71. The third kappa shape index (κ3) is 6.17. The van der Waals surface area contributed by atoms with E-state index in [1.54, 1.807) is 6.21 Å². The lowest BCUT2D eigenvalue weighted by atomic mass is 9.85. The molecule has 1 aliphatic heterocycles. The summed E-state index contributed by atoms with van der Waals surface area (Å²) in [5.74, 6) is 0.398. The highest BCUT2D eigenvalue weighted by atomic mass is 16.3. The first-order valence-electron chi connectivity index (χ1n) is 7.11. The second-order valence-corrected chi connectivity index (χ2v) is 6.21. The van der Waals surface area contributed by atoms with Gasteiger partial charge in [-0.25, -0.2) is 0 Å². The van der Waals surface area contributed by atoms with Crippen molar-refractivity contribution in [1.29, 1.82) is 0 Å². The molecule has 108 valence electrons. The first kappa shape index (κ1) is 16.1. The van der Waals surface area contributed by atoms with Crippen LogP contribution in [0, 0.1) is 5.92 Å². The summed E-state index contributed by atoms with van der Waals surface area (Å²) in [6.07, 6.45) is 5.10. The normalized spacial score (nSPS) is 22.4. The summed E-state index contributed by atoms with van der Waals surface area (Å²) in [4.78, 5) is 6.58. The van der Waals surface area contributed by atoms with Crippen LogP contribution in [0.2, 0.25) is 0 Å². The Morgan fingerprint density at radius 1 is 1.37 bits per heavy atom. The van der Waals surface area contributed by atoms with Crippen LogP contribution in [0.3, 0.4) is 0 Å². The Bertz CT molecular complexity index is 352. The molecule has 19 heavy (non-hydrogen) atoms. The average molecular weight is 264 g/mol. The van der Waals surface area contributed by atoms with Crippen molar-refractivity contribution >= 4 is 6.21 Å². The minimum Gasteiger partial charge on any atom is -0.390 e. The van der Waals surface area contributed by atoms with Gasteiger partial charge in [0, 0.05) is 18.5 Å². The molecule has 0 aromatic rings. The molecule has 3 heteroatoms. The van der Waals surface area contributed by atoms with Gasteiger partial charge in [-0.15, -0.1) is 0 Å². The van der Waals surface area contributed by atoms with Gasteiger partial charge in [0.1, 0.15) is 0 Å². The van der Waals surface area contributed by atoms with Gasteiger partial charge in [0.15, 0.2) is 0 Å². The Balaban J connectivity index is 2.45. The maximum absolute atomic E-state index is 10.1. The van der Waals surface area contributed by atoms with Crippen LogP contribution in [0.4, 0.5) is 0 Å². The molecule has 0 spiro atoms. The molecule has 1 aliphatic rings. The van der Waals surface area contributed by atoms with Crippen molar-refractivity contribution in [2.75, 3.05) is 19.6 Å². The Morgan fingerprint density at radius 3 is 2.63 bits per heavy atom. The molecule has 1 rings (SSSR count). The predicted molar refractivity (Wildman–Crippen MR) is 82.5 cm³/mol. The van der Waals surface area contributed by atoms with E-state index >= 15 is 0 Å². The summed E-state index contributed by atoms with van der Waals surface area (Å²) in [6, 6.07) is 0. The summed E-state index contributed by atoms with van der Waals surface area (Å²) in [5.41, 5.74) is 1.26. The quantitative estimate of drug-likeness (QED) is 0.775. The summed E-state index contributed by atoms with van der Waals surface area (Å²) < 4.78 is 0. The Hall–Kier alpha value is -0.930. The number of hydrogen-bond donors (Lipinski definition) is 1. The molecule has 1 heterocycles. The van der Waals surface area contributed by atoms with Crippen LogP contribution >= 0.6 is 0 Å². The van der Waals surface area contributed by atoms with Gasteiger partial charge in [0.2, 0.25) is 0 Å². The third-order valence-corrected chi connectivity index (χ3v) is 3.71. The lowest BCUT2D eigenvalue weighted by molar-refractivity contribution is 0.0107. The van der Waals surface area contributed by atoms with Gasteiger partial charge in [-0.2, -0.15) is 0 Å². The van der Waals surface area contributed by atoms with Gasteiger partial charge < -0.3 is 5.11 Å². The van der Waals surface area contributed by atoms with Crippen LogP contribution in [0.1, 0.15) is 40.0 Å². The number of allylic oxidation sites excluding steroid dienone is 1. The summed E-state index contributed by atoms with van der Waals surface area (Å²) in [6.45, 7) is 16.5. The molecule has 1 saturated heterocycles. The number of rotatable bonds is 5. The summed E-state index contributed by atoms with van der Waals surface area (Å²) in [7, 11) is 0. The zero-order valence-corrected chi connectivity index (χ0v) is 12.7. The predicted octanol–water partition coefficient (Wildman–Crippen LogP) is 3.02. The van der Waals surface area contributed by atoms with Crippen LogP contribution in [0.25, 0.3) is 0 Å². The molecular formula is C16H28N2O. The maximum atomic E-state index is 10.1. The molecule has 0 amide bonds. The van der Waals surface area contributed by atoms with Crippen LogP contribution in [-0.4, -0.2) is 41.5 Å². The number of nitrogens with zero attached hydrogens (tertiary/aromatic N) is 2. The molecule has 1 N–H and O–H groups in total. The fraction of sp³-hybridized carbons (Fsp3) is 0.688. The first-order valence-corrected chi connectivity index (χ1v) is 7.11. The molecule has 1 unspecified atom stereocenters. The minimum atomic E-state index is -0.561. The van der Waals surface area contributed by atoms with Crippen molar-refractivity contribution in [2.24, 2.45) is 10.9 Å². The van der Waals surface area contributed by atoms with Gasteiger partial charge >= 0.3 is 0 Å². The van der Waals surface area contributed by atoms with E-state index in [9.17, 15) is 5.11 Å². The van der Waals surface area contributed by atoms with E-state index < -0.39 is 5.60 Å². The molecule has 0 bridgehead atoms. The van der Waals surface area contributed by atoms with E-state index in [-0.39, 0.29) is 0 Å².